The van der Waals surface area contributed by atoms with Crippen LogP contribution in [0, 0.1) is 24.1 Å². The van der Waals surface area contributed by atoms with Crippen LogP contribution < -0.4 is 5.32 Å². The molecule has 0 saturated heterocycles. The van der Waals surface area contributed by atoms with Crippen molar-refractivity contribution in [1.82, 2.24) is 0 Å². The Morgan fingerprint density at radius 3 is 2.75 bits per heavy atom. The van der Waals surface area contributed by atoms with E-state index in [9.17, 15) is 9.18 Å². The van der Waals surface area contributed by atoms with E-state index >= 15 is 0 Å². The standard InChI is InChI=1S/C15H10BrFN2O/c1-9-2-4-12(17)7-13(9)15(20)19-14-5-3-11(16)6-10(14)8-18/h2-7H,1H3,(H,19,20). The topological polar surface area (TPSA) is 52.9 Å². The van der Waals surface area contributed by atoms with Crippen molar-refractivity contribution in [1.29, 1.82) is 5.26 Å². The van der Waals surface area contributed by atoms with Crippen LogP contribution in [0.4, 0.5) is 10.1 Å². The van der Waals surface area contributed by atoms with E-state index in [0.29, 0.717) is 16.8 Å². The summed E-state index contributed by atoms with van der Waals surface area (Å²) in [6.45, 7) is 1.72. The van der Waals surface area contributed by atoms with Gasteiger partial charge in [0, 0.05) is 10.0 Å². The average Bonchev–Trinajstić information content (AvgIpc) is 2.43. The van der Waals surface area contributed by atoms with Crippen LogP contribution in [0.1, 0.15) is 21.5 Å². The van der Waals surface area contributed by atoms with Gasteiger partial charge >= 0.3 is 0 Å². The maximum absolute atomic E-state index is 13.2. The van der Waals surface area contributed by atoms with Gasteiger partial charge < -0.3 is 5.32 Å². The predicted octanol–water partition coefficient (Wildman–Crippen LogP) is 4.02. The zero-order valence-electron chi connectivity index (χ0n) is 10.6. The fourth-order valence-electron chi connectivity index (χ4n) is 1.75. The molecule has 0 radical (unpaired) electrons. The fraction of sp³-hybridized carbons (Fsp3) is 0.0667. The molecule has 0 aromatic heterocycles. The first kappa shape index (κ1) is 14.2. The van der Waals surface area contributed by atoms with Crippen molar-refractivity contribution in [2.24, 2.45) is 0 Å². The minimum Gasteiger partial charge on any atom is -0.321 e. The molecule has 0 aliphatic carbocycles. The summed E-state index contributed by atoms with van der Waals surface area (Å²) in [6.07, 6.45) is 0. The summed E-state index contributed by atoms with van der Waals surface area (Å²) in [7, 11) is 0. The molecular formula is C15H10BrFN2O. The highest BCUT2D eigenvalue weighted by atomic mass is 79.9. The molecule has 2 aromatic rings. The molecule has 5 heteroatoms. The number of hydrogen-bond donors (Lipinski definition) is 1. The Kier molecular flexibility index (Phi) is 4.16. The molecule has 2 aromatic carbocycles. The van der Waals surface area contributed by atoms with E-state index < -0.39 is 11.7 Å². The van der Waals surface area contributed by atoms with Crippen molar-refractivity contribution in [3.05, 3.63) is 63.4 Å². The number of carbonyl (C=O) groups excluding carboxylic acids is 1. The zero-order chi connectivity index (χ0) is 14.7. The maximum Gasteiger partial charge on any atom is 0.256 e. The van der Waals surface area contributed by atoms with Crippen molar-refractivity contribution in [3.8, 4) is 6.07 Å². The molecule has 0 heterocycles. The van der Waals surface area contributed by atoms with Crippen LogP contribution in [0.2, 0.25) is 0 Å². The summed E-state index contributed by atoms with van der Waals surface area (Å²) in [6, 6.07) is 11.0. The molecule has 3 nitrogen and oxygen atoms in total. The van der Waals surface area contributed by atoms with Crippen LogP contribution in [0.5, 0.6) is 0 Å². The Morgan fingerprint density at radius 1 is 1.30 bits per heavy atom. The molecular weight excluding hydrogens is 323 g/mol. The summed E-state index contributed by atoms with van der Waals surface area (Å²) in [4.78, 5) is 12.1. The lowest BCUT2D eigenvalue weighted by Gasteiger charge is -2.09. The Bertz CT molecular complexity index is 722. The second-order valence-corrected chi connectivity index (χ2v) is 5.13. The lowest BCUT2D eigenvalue weighted by atomic mass is 10.1. The Morgan fingerprint density at radius 2 is 2.05 bits per heavy atom. The van der Waals surface area contributed by atoms with Crippen molar-refractivity contribution in [2.75, 3.05) is 5.32 Å². The Labute approximate surface area is 124 Å². The van der Waals surface area contributed by atoms with E-state index in [1.807, 2.05) is 6.07 Å². The molecule has 0 fully saturated rings. The number of halogens is 2. The van der Waals surface area contributed by atoms with Gasteiger partial charge in [-0.3, -0.25) is 4.79 Å². The average molecular weight is 333 g/mol. The summed E-state index contributed by atoms with van der Waals surface area (Å²) in [5.74, 6) is -0.919. The van der Waals surface area contributed by atoms with Crippen molar-refractivity contribution in [2.45, 2.75) is 6.92 Å². The van der Waals surface area contributed by atoms with Gasteiger partial charge in [0.2, 0.25) is 0 Å². The van der Waals surface area contributed by atoms with Crippen molar-refractivity contribution < 1.29 is 9.18 Å². The molecule has 1 N–H and O–H groups in total. The predicted molar refractivity (Wildman–Crippen MR) is 77.9 cm³/mol. The first-order valence-corrected chi connectivity index (χ1v) is 6.57. The van der Waals surface area contributed by atoms with Crippen LogP contribution >= 0.6 is 15.9 Å². The van der Waals surface area contributed by atoms with Gasteiger partial charge in [0.1, 0.15) is 11.9 Å². The van der Waals surface area contributed by atoms with Crippen LogP contribution in [0.3, 0.4) is 0 Å². The summed E-state index contributed by atoms with van der Waals surface area (Å²) in [5, 5.41) is 11.7. The number of benzene rings is 2. The number of anilines is 1. The highest BCUT2D eigenvalue weighted by Crippen LogP contribution is 2.21. The van der Waals surface area contributed by atoms with Gasteiger partial charge in [-0.1, -0.05) is 22.0 Å². The monoisotopic (exact) mass is 332 g/mol. The minimum absolute atomic E-state index is 0.247. The summed E-state index contributed by atoms with van der Waals surface area (Å²) < 4.78 is 14.0. The number of carbonyl (C=O) groups is 1. The number of rotatable bonds is 2. The van der Waals surface area contributed by atoms with Gasteiger partial charge in [-0.2, -0.15) is 5.26 Å². The summed E-state index contributed by atoms with van der Waals surface area (Å²) in [5.41, 5.74) is 1.64. The third kappa shape index (κ3) is 3.03. The zero-order valence-corrected chi connectivity index (χ0v) is 12.2. The molecule has 20 heavy (non-hydrogen) atoms. The van der Waals surface area contributed by atoms with Gasteiger partial charge in [0.25, 0.3) is 5.91 Å². The molecule has 0 bridgehead atoms. The van der Waals surface area contributed by atoms with E-state index in [2.05, 4.69) is 21.2 Å². The van der Waals surface area contributed by atoms with E-state index in [4.69, 9.17) is 5.26 Å². The maximum atomic E-state index is 13.2. The van der Waals surface area contributed by atoms with Crippen molar-refractivity contribution in [3.63, 3.8) is 0 Å². The first-order chi connectivity index (χ1) is 9.51. The Hall–Kier alpha value is -2.19. The largest absolute Gasteiger partial charge is 0.321 e. The molecule has 0 saturated carbocycles. The van der Waals surface area contributed by atoms with E-state index in [-0.39, 0.29) is 5.56 Å². The molecule has 2 rings (SSSR count). The van der Waals surface area contributed by atoms with Gasteiger partial charge in [-0.05, 0) is 42.8 Å². The second kappa shape index (κ2) is 5.85. The number of aryl methyl sites for hydroxylation is 1. The SMILES string of the molecule is Cc1ccc(F)cc1C(=O)Nc1ccc(Br)cc1C#N. The van der Waals surface area contributed by atoms with E-state index in [1.54, 1.807) is 25.1 Å². The van der Waals surface area contributed by atoms with E-state index in [1.165, 1.54) is 18.2 Å². The highest BCUT2D eigenvalue weighted by Gasteiger charge is 2.12. The molecule has 0 aliphatic heterocycles. The van der Waals surface area contributed by atoms with Gasteiger partial charge in [0.15, 0.2) is 0 Å². The lowest BCUT2D eigenvalue weighted by Crippen LogP contribution is -2.14. The number of nitrogens with one attached hydrogen (secondary N) is 1. The van der Waals surface area contributed by atoms with Gasteiger partial charge in [-0.15, -0.1) is 0 Å². The molecule has 0 unspecified atom stereocenters. The van der Waals surface area contributed by atoms with Crippen LogP contribution in [-0.4, -0.2) is 5.91 Å². The van der Waals surface area contributed by atoms with Gasteiger partial charge in [-0.25, -0.2) is 4.39 Å². The molecule has 100 valence electrons. The van der Waals surface area contributed by atoms with Crippen LogP contribution in [0.15, 0.2) is 40.9 Å². The smallest absolute Gasteiger partial charge is 0.256 e. The van der Waals surface area contributed by atoms with Crippen LogP contribution in [-0.2, 0) is 0 Å². The number of nitrogens with zero attached hydrogens (tertiary/aromatic N) is 1. The van der Waals surface area contributed by atoms with Gasteiger partial charge in [0.05, 0.1) is 11.3 Å². The summed E-state index contributed by atoms with van der Waals surface area (Å²) >= 11 is 3.26. The fourth-order valence-corrected chi connectivity index (χ4v) is 2.11. The molecule has 0 atom stereocenters. The molecule has 0 spiro atoms. The highest BCUT2D eigenvalue weighted by molar-refractivity contribution is 9.10. The third-order valence-corrected chi connectivity index (χ3v) is 3.29. The number of amides is 1. The normalized spacial score (nSPS) is 9.90. The number of nitriles is 1. The Balaban J connectivity index is 2.33. The lowest BCUT2D eigenvalue weighted by molar-refractivity contribution is 0.102. The van der Waals surface area contributed by atoms with Crippen LogP contribution in [0.25, 0.3) is 0 Å². The van der Waals surface area contributed by atoms with Crippen molar-refractivity contribution >= 4 is 27.5 Å². The first-order valence-electron chi connectivity index (χ1n) is 5.78. The second-order valence-electron chi connectivity index (χ2n) is 4.22. The third-order valence-electron chi connectivity index (χ3n) is 2.79. The van der Waals surface area contributed by atoms with E-state index in [0.717, 1.165) is 4.47 Å². The quantitative estimate of drug-likeness (QED) is 0.902. The molecule has 0 aliphatic rings. The molecule has 1 amide bonds. The minimum atomic E-state index is -0.475. The number of hydrogen-bond acceptors (Lipinski definition) is 2.